The minimum atomic E-state index is 0.105. The van der Waals surface area contributed by atoms with Crippen LogP contribution in [0.2, 0.25) is 0 Å². The van der Waals surface area contributed by atoms with Crippen LogP contribution in [0.15, 0.2) is 23.4 Å². The standard InChI is InChI=1S/C18H25N2O3/c1-20-10-9-18(8-7-14(19-23-4)12-17(18)20)13-5-6-15(21-2)16(11-13)22-3/h5-6,11,17H,1,7-10,12H2,2-4H3/q+1/b19-14-/t17-,18-/m0/s1. The molecule has 23 heavy (non-hydrogen) atoms. The number of fused-ring (bicyclic) bond motifs is 1. The minimum absolute atomic E-state index is 0.105. The first kappa shape index (κ1) is 15.8. The Balaban J connectivity index is 2.00. The van der Waals surface area contributed by atoms with Crippen LogP contribution in [-0.2, 0) is 10.3 Å². The van der Waals surface area contributed by atoms with Crippen molar-refractivity contribution in [3.63, 3.8) is 0 Å². The fourth-order valence-electron chi connectivity index (χ4n) is 4.16. The first-order chi connectivity index (χ1) is 11.1. The molecule has 1 saturated carbocycles. The Morgan fingerprint density at radius 2 is 1.96 bits per heavy atom. The van der Waals surface area contributed by atoms with Gasteiger partial charge in [0.2, 0.25) is 0 Å². The summed E-state index contributed by atoms with van der Waals surface area (Å²) in [7, 11) is 4.96. The van der Waals surface area contributed by atoms with E-state index in [9.17, 15) is 0 Å². The van der Waals surface area contributed by atoms with E-state index in [0.717, 1.165) is 49.4 Å². The van der Waals surface area contributed by atoms with E-state index in [1.54, 1.807) is 21.3 Å². The lowest BCUT2D eigenvalue weighted by Crippen LogP contribution is -2.44. The highest BCUT2D eigenvalue weighted by molar-refractivity contribution is 5.86. The van der Waals surface area contributed by atoms with E-state index in [1.165, 1.54) is 5.56 Å². The topological polar surface area (TPSA) is 43.1 Å². The number of hydrogen-bond donors (Lipinski definition) is 0. The Morgan fingerprint density at radius 1 is 1.17 bits per heavy atom. The van der Waals surface area contributed by atoms with E-state index in [2.05, 4.69) is 28.6 Å². The van der Waals surface area contributed by atoms with Crippen molar-refractivity contribution in [3.8, 4) is 11.5 Å². The highest BCUT2D eigenvalue weighted by Crippen LogP contribution is 2.48. The second kappa shape index (κ2) is 6.22. The van der Waals surface area contributed by atoms with Gasteiger partial charge in [-0.2, -0.15) is 0 Å². The van der Waals surface area contributed by atoms with E-state index in [0.29, 0.717) is 6.04 Å². The predicted octanol–water partition coefficient (Wildman–Crippen LogP) is 2.61. The van der Waals surface area contributed by atoms with Crippen LogP contribution < -0.4 is 9.47 Å². The van der Waals surface area contributed by atoms with Crippen LogP contribution in [-0.4, -0.2) is 50.9 Å². The van der Waals surface area contributed by atoms with Crippen molar-refractivity contribution in [2.45, 2.75) is 37.1 Å². The van der Waals surface area contributed by atoms with Gasteiger partial charge in [0.05, 0.1) is 31.8 Å². The van der Waals surface area contributed by atoms with E-state index in [4.69, 9.17) is 14.3 Å². The molecule has 124 valence electrons. The van der Waals surface area contributed by atoms with Crippen LogP contribution in [0.25, 0.3) is 0 Å². The van der Waals surface area contributed by atoms with Gasteiger partial charge in [-0.1, -0.05) is 11.2 Å². The molecule has 0 bridgehead atoms. The van der Waals surface area contributed by atoms with Crippen molar-refractivity contribution in [2.75, 3.05) is 27.9 Å². The van der Waals surface area contributed by atoms with E-state index < -0.39 is 0 Å². The molecule has 2 fully saturated rings. The number of methoxy groups -OCH3 is 2. The van der Waals surface area contributed by atoms with Crippen LogP contribution >= 0.6 is 0 Å². The maximum Gasteiger partial charge on any atom is 0.167 e. The molecule has 1 heterocycles. The van der Waals surface area contributed by atoms with E-state index >= 15 is 0 Å². The lowest BCUT2D eigenvalue weighted by Gasteiger charge is -2.36. The minimum Gasteiger partial charge on any atom is -0.493 e. The van der Waals surface area contributed by atoms with Gasteiger partial charge in [0.15, 0.2) is 17.5 Å². The summed E-state index contributed by atoms with van der Waals surface area (Å²) in [5, 5.41) is 4.18. The maximum atomic E-state index is 5.50. The monoisotopic (exact) mass is 317 g/mol. The predicted molar refractivity (Wildman–Crippen MR) is 90.2 cm³/mol. The Bertz CT molecular complexity index is 641. The summed E-state index contributed by atoms with van der Waals surface area (Å²) in [6.07, 6.45) is 4.04. The van der Waals surface area contributed by atoms with Crippen molar-refractivity contribution < 1.29 is 18.9 Å². The molecule has 1 aromatic carbocycles. The summed E-state index contributed by atoms with van der Waals surface area (Å²) < 4.78 is 13.1. The lowest BCUT2D eigenvalue weighted by atomic mass is 9.66. The molecule has 1 saturated heterocycles. The van der Waals surface area contributed by atoms with Crippen LogP contribution in [0, 0.1) is 0 Å². The van der Waals surface area contributed by atoms with Crippen molar-refractivity contribution >= 4 is 12.4 Å². The molecule has 1 aliphatic heterocycles. The molecule has 3 rings (SSSR count). The lowest BCUT2D eigenvalue weighted by molar-refractivity contribution is -0.540. The van der Waals surface area contributed by atoms with Gasteiger partial charge in [0, 0.05) is 6.42 Å². The van der Waals surface area contributed by atoms with Gasteiger partial charge in [-0.3, -0.25) is 0 Å². The zero-order valence-electron chi connectivity index (χ0n) is 14.2. The average molecular weight is 317 g/mol. The molecule has 1 aromatic rings. The molecule has 0 N–H and O–H groups in total. The zero-order valence-corrected chi connectivity index (χ0v) is 14.2. The molecule has 1 aliphatic carbocycles. The molecule has 0 amide bonds. The van der Waals surface area contributed by atoms with Crippen LogP contribution in [0.5, 0.6) is 11.5 Å². The summed E-state index contributed by atoms with van der Waals surface area (Å²) in [6, 6.07) is 6.66. The molecule has 2 atom stereocenters. The third-order valence-electron chi connectivity index (χ3n) is 5.39. The quantitative estimate of drug-likeness (QED) is 0.633. The average Bonchev–Trinajstić information content (AvgIpc) is 2.92. The van der Waals surface area contributed by atoms with Gasteiger partial charge in [0.25, 0.3) is 0 Å². The van der Waals surface area contributed by atoms with Crippen molar-refractivity contribution in [3.05, 3.63) is 23.8 Å². The normalized spacial score (nSPS) is 28.6. The fraction of sp³-hybridized carbons (Fsp3) is 0.556. The van der Waals surface area contributed by atoms with Gasteiger partial charge in [-0.15, -0.1) is 0 Å². The summed E-state index contributed by atoms with van der Waals surface area (Å²) in [4.78, 5) is 4.98. The van der Waals surface area contributed by atoms with Gasteiger partial charge in [-0.05, 0) is 30.5 Å². The van der Waals surface area contributed by atoms with Gasteiger partial charge in [-0.25, -0.2) is 4.58 Å². The van der Waals surface area contributed by atoms with Crippen molar-refractivity contribution in [2.24, 2.45) is 5.16 Å². The second-order valence-corrected chi connectivity index (χ2v) is 6.35. The molecule has 0 unspecified atom stereocenters. The zero-order chi connectivity index (χ0) is 16.4. The number of nitrogens with zero attached hydrogens (tertiary/aromatic N) is 2. The number of oxime groups is 1. The first-order valence-electron chi connectivity index (χ1n) is 8.03. The highest BCUT2D eigenvalue weighted by Gasteiger charge is 2.54. The van der Waals surface area contributed by atoms with Crippen LogP contribution in [0.1, 0.15) is 31.2 Å². The smallest absolute Gasteiger partial charge is 0.167 e. The summed E-state index contributed by atoms with van der Waals surface area (Å²) in [5.41, 5.74) is 2.54. The number of rotatable bonds is 4. The van der Waals surface area contributed by atoms with E-state index in [1.807, 2.05) is 6.07 Å². The molecule has 0 aromatic heterocycles. The summed E-state index contributed by atoms with van der Waals surface area (Å²) >= 11 is 0. The number of hydrogen-bond acceptors (Lipinski definition) is 4. The molecule has 0 spiro atoms. The van der Waals surface area contributed by atoms with Crippen molar-refractivity contribution in [1.29, 1.82) is 0 Å². The number of ether oxygens (including phenoxy) is 2. The van der Waals surface area contributed by atoms with Gasteiger partial charge >= 0.3 is 0 Å². The molecule has 5 nitrogen and oxygen atoms in total. The SMILES string of the molecule is C=[N+]1CC[C@]2(c3ccc(OC)c(OC)c3)CC/C(=N/OC)C[C@H]12. The summed E-state index contributed by atoms with van der Waals surface area (Å²) in [5.74, 6) is 1.56. The second-order valence-electron chi connectivity index (χ2n) is 6.35. The Hall–Kier alpha value is -2.04. The van der Waals surface area contributed by atoms with Crippen LogP contribution in [0.4, 0.5) is 0 Å². The van der Waals surface area contributed by atoms with Crippen LogP contribution in [0.3, 0.4) is 0 Å². The summed E-state index contributed by atoms with van der Waals surface area (Å²) in [6.45, 7) is 5.24. The first-order valence-corrected chi connectivity index (χ1v) is 8.03. The third kappa shape index (κ3) is 2.58. The van der Waals surface area contributed by atoms with E-state index in [-0.39, 0.29) is 5.41 Å². The molecule has 0 radical (unpaired) electrons. The maximum absolute atomic E-state index is 5.50. The largest absolute Gasteiger partial charge is 0.493 e. The van der Waals surface area contributed by atoms with Gasteiger partial charge < -0.3 is 14.3 Å². The Morgan fingerprint density at radius 3 is 2.65 bits per heavy atom. The fourth-order valence-corrected chi connectivity index (χ4v) is 4.16. The molecule has 5 heteroatoms. The Kier molecular flexibility index (Phi) is 4.28. The Labute approximate surface area is 137 Å². The molecular weight excluding hydrogens is 292 g/mol. The highest BCUT2D eigenvalue weighted by atomic mass is 16.6. The third-order valence-corrected chi connectivity index (χ3v) is 5.39. The molecule has 2 aliphatic rings. The molecular formula is C18H25N2O3+. The van der Waals surface area contributed by atoms with Gasteiger partial charge in [0.1, 0.15) is 20.4 Å². The number of benzene rings is 1. The van der Waals surface area contributed by atoms with Crippen molar-refractivity contribution in [1.82, 2.24) is 0 Å².